The first-order valence-electron chi connectivity index (χ1n) is 10.3. The number of hydrogen-bond acceptors (Lipinski definition) is 5. The number of imide groups is 1. The Labute approximate surface area is 220 Å². The van der Waals surface area contributed by atoms with E-state index in [1.54, 1.807) is 66.7 Å². The zero-order valence-corrected chi connectivity index (χ0v) is 21.0. The van der Waals surface area contributed by atoms with Crippen molar-refractivity contribution in [2.75, 3.05) is 11.9 Å². The zero-order chi connectivity index (χ0) is 24.9. The van der Waals surface area contributed by atoms with E-state index in [9.17, 15) is 14.4 Å². The minimum Gasteiger partial charge on any atom is -0.483 e. The van der Waals surface area contributed by atoms with E-state index >= 15 is 0 Å². The molecule has 35 heavy (non-hydrogen) atoms. The third-order valence-corrected chi connectivity index (χ3v) is 6.48. The molecule has 3 amide bonds. The molecule has 1 aliphatic heterocycles. The molecule has 0 bridgehead atoms. The molecular weight excluding hydrogens is 531 g/mol. The maximum Gasteiger partial charge on any atom is 0.293 e. The van der Waals surface area contributed by atoms with Crippen molar-refractivity contribution in [2.24, 2.45) is 0 Å². The average molecular weight is 548 g/mol. The molecule has 1 aliphatic rings. The topological polar surface area (TPSA) is 75.7 Å². The summed E-state index contributed by atoms with van der Waals surface area (Å²) < 4.78 is 5.68. The number of thioether (sulfide) groups is 1. The van der Waals surface area contributed by atoms with Crippen LogP contribution in [0.2, 0.25) is 15.1 Å². The second-order valence-electron chi connectivity index (χ2n) is 7.42. The molecule has 0 atom stereocenters. The van der Waals surface area contributed by atoms with E-state index in [0.717, 1.165) is 22.2 Å². The maximum atomic E-state index is 12.9. The van der Waals surface area contributed by atoms with E-state index in [1.165, 1.54) is 6.08 Å². The van der Waals surface area contributed by atoms with Crippen LogP contribution in [0.1, 0.15) is 11.1 Å². The second-order valence-corrected chi connectivity index (χ2v) is 9.73. The van der Waals surface area contributed by atoms with Crippen molar-refractivity contribution in [1.29, 1.82) is 0 Å². The summed E-state index contributed by atoms with van der Waals surface area (Å²) in [4.78, 5) is 39.1. The van der Waals surface area contributed by atoms with Crippen LogP contribution in [0.5, 0.6) is 5.75 Å². The van der Waals surface area contributed by atoms with E-state index < -0.39 is 11.1 Å². The number of rotatable bonds is 7. The molecule has 4 rings (SSSR count). The van der Waals surface area contributed by atoms with Gasteiger partial charge in [-0.25, -0.2) is 0 Å². The number of carbonyl (C=O) groups excluding carboxylic acids is 3. The van der Waals surface area contributed by atoms with Gasteiger partial charge in [-0.15, -0.1) is 0 Å². The standard InChI is InChI=1S/C25H17Cl3N2O4S/c26-17-4-7-20(8-5-17)29-23(31)14-34-21-9-6-19(28)11-16(21)12-22-24(32)30(25(33)35-22)13-15-2-1-3-18(27)10-15/h1-12H,13-14H2,(H,29,31)/b22-12-. The number of hydrogen-bond donors (Lipinski definition) is 1. The van der Waals surface area contributed by atoms with Crippen LogP contribution < -0.4 is 10.1 Å². The largest absolute Gasteiger partial charge is 0.483 e. The fourth-order valence-corrected chi connectivity index (χ4v) is 4.58. The number of anilines is 1. The minimum atomic E-state index is -0.439. The van der Waals surface area contributed by atoms with Gasteiger partial charge < -0.3 is 10.1 Å². The quantitative estimate of drug-likeness (QED) is 0.326. The highest BCUT2D eigenvalue weighted by atomic mass is 35.5. The third-order valence-electron chi connectivity index (χ3n) is 4.85. The average Bonchev–Trinajstić information content (AvgIpc) is 3.07. The van der Waals surface area contributed by atoms with Gasteiger partial charge >= 0.3 is 0 Å². The van der Waals surface area contributed by atoms with E-state index in [1.807, 2.05) is 0 Å². The Morgan fingerprint density at radius 1 is 0.943 bits per heavy atom. The van der Waals surface area contributed by atoms with Crippen LogP contribution >= 0.6 is 46.6 Å². The highest BCUT2D eigenvalue weighted by Gasteiger charge is 2.35. The smallest absolute Gasteiger partial charge is 0.293 e. The lowest BCUT2D eigenvalue weighted by Gasteiger charge is -2.13. The predicted octanol–water partition coefficient (Wildman–Crippen LogP) is 6.90. The summed E-state index contributed by atoms with van der Waals surface area (Å²) in [5.74, 6) is -0.483. The zero-order valence-electron chi connectivity index (χ0n) is 18.0. The fraction of sp³-hybridized carbons (Fsp3) is 0.0800. The Morgan fingerprint density at radius 2 is 1.66 bits per heavy atom. The highest BCUT2D eigenvalue weighted by molar-refractivity contribution is 8.18. The Balaban J connectivity index is 1.47. The van der Waals surface area contributed by atoms with Crippen molar-refractivity contribution in [3.63, 3.8) is 0 Å². The third kappa shape index (κ3) is 6.58. The first-order chi connectivity index (χ1) is 16.8. The molecule has 1 saturated heterocycles. The molecule has 3 aromatic carbocycles. The van der Waals surface area contributed by atoms with Crippen molar-refractivity contribution in [2.45, 2.75) is 6.54 Å². The predicted molar refractivity (Wildman–Crippen MR) is 140 cm³/mol. The summed E-state index contributed by atoms with van der Waals surface area (Å²) in [5, 5.41) is 3.80. The van der Waals surface area contributed by atoms with E-state index in [-0.39, 0.29) is 24.0 Å². The van der Waals surface area contributed by atoms with Crippen LogP contribution in [0.4, 0.5) is 10.5 Å². The van der Waals surface area contributed by atoms with Gasteiger partial charge in [-0.1, -0.05) is 46.9 Å². The summed E-state index contributed by atoms with van der Waals surface area (Å²) in [6, 6.07) is 18.4. The van der Waals surface area contributed by atoms with Crippen molar-refractivity contribution in [1.82, 2.24) is 4.90 Å². The lowest BCUT2D eigenvalue weighted by Crippen LogP contribution is -2.27. The molecule has 1 heterocycles. The summed E-state index contributed by atoms with van der Waals surface area (Å²) >= 11 is 18.8. The molecular formula is C25H17Cl3N2O4S. The molecule has 1 fully saturated rings. The lowest BCUT2D eigenvalue weighted by molar-refractivity contribution is -0.123. The summed E-state index contributed by atoms with van der Waals surface area (Å²) in [7, 11) is 0. The molecule has 10 heteroatoms. The Kier molecular flexibility index (Phi) is 8.03. The van der Waals surface area contributed by atoms with E-state index in [0.29, 0.717) is 32.1 Å². The van der Waals surface area contributed by atoms with Gasteiger partial charge in [0.1, 0.15) is 5.75 Å². The lowest BCUT2D eigenvalue weighted by atomic mass is 10.1. The SMILES string of the molecule is O=C(COc1ccc(Cl)cc1/C=C1\SC(=O)N(Cc2cccc(Cl)c2)C1=O)Nc1ccc(Cl)cc1. The first kappa shape index (κ1) is 25.1. The van der Waals surface area contributed by atoms with Crippen molar-refractivity contribution in [3.05, 3.63) is 97.8 Å². The van der Waals surface area contributed by atoms with Crippen LogP contribution in [-0.4, -0.2) is 28.6 Å². The van der Waals surface area contributed by atoms with Gasteiger partial charge in [0.25, 0.3) is 17.1 Å². The minimum absolute atomic E-state index is 0.104. The molecule has 6 nitrogen and oxygen atoms in total. The molecule has 1 N–H and O–H groups in total. The highest BCUT2D eigenvalue weighted by Crippen LogP contribution is 2.35. The van der Waals surface area contributed by atoms with Crippen LogP contribution in [0.25, 0.3) is 6.08 Å². The fourth-order valence-electron chi connectivity index (χ4n) is 3.23. The molecule has 0 saturated carbocycles. The van der Waals surface area contributed by atoms with Crippen LogP contribution in [0.15, 0.2) is 71.6 Å². The van der Waals surface area contributed by atoms with Gasteiger partial charge in [0, 0.05) is 26.3 Å². The molecule has 178 valence electrons. The summed E-state index contributed by atoms with van der Waals surface area (Å²) in [6.07, 6.45) is 1.53. The monoisotopic (exact) mass is 546 g/mol. The normalized spacial score (nSPS) is 14.5. The van der Waals surface area contributed by atoms with Crippen LogP contribution in [0.3, 0.4) is 0 Å². The van der Waals surface area contributed by atoms with Crippen molar-refractivity contribution < 1.29 is 19.1 Å². The first-order valence-corrected chi connectivity index (χ1v) is 12.2. The summed E-state index contributed by atoms with van der Waals surface area (Å²) in [6.45, 7) is -0.173. The van der Waals surface area contributed by atoms with Crippen molar-refractivity contribution >= 4 is 75.4 Å². The molecule has 0 spiro atoms. The number of ether oxygens (including phenoxy) is 1. The number of nitrogens with one attached hydrogen (secondary N) is 1. The number of nitrogens with zero attached hydrogens (tertiary/aromatic N) is 1. The molecule has 0 aromatic heterocycles. The van der Waals surface area contributed by atoms with E-state index in [4.69, 9.17) is 39.5 Å². The van der Waals surface area contributed by atoms with Gasteiger partial charge in [-0.2, -0.15) is 0 Å². The second kappa shape index (κ2) is 11.2. The van der Waals surface area contributed by atoms with Gasteiger partial charge in [-0.05, 0) is 78.0 Å². The number of benzene rings is 3. The Bertz CT molecular complexity index is 1330. The molecule has 0 aliphatic carbocycles. The summed E-state index contributed by atoms with van der Waals surface area (Å²) in [5.41, 5.74) is 1.78. The van der Waals surface area contributed by atoms with Crippen LogP contribution in [0, 0.1) is 0 Å². The number of carbonyl (C=O) groups is 3. The number of halogens is 3. The Morgan fingerprint density at radius 3 is 2.40 bits per heavy atom. The van der Waals surface area contributed by atoms with Gasteiger partial charge in [0.05, 0.1) is 11.4 Å². The van der Waals surface area contributed by atoms with Crippen molar-refractivity contribution in [3.8, 4) is 5.75 Å². The van der Waals surface area contributed by atoms with Gasteiger partial charge in [-0.3, -0.25) is 19.3 Å². The molecule has 3 aromatic rings. The van der Waals surface area contributed by atoms with E-state index in [2.05, 4.69) is 5.32 Å². The Hall–Kier alpha value is -2.97. The maximum absolute atomic E-state index is 12.9. The number of amides is 3. The van der Waals surface area contributed by atoms with Gasteiger partial charge in [0.2, 0.25) is 0 Å². The van der Waals surface area contributed by atoms with Gasteiger partial charge in [0.15, 0.2) is 6.61 Å². The van der Waals surface area contributed by atoms with Crippen LogP contribution in [-0.2, 0) is 16.1 Å². The molecule has 0 unspecified atom stereocenters. The molecule has 0 radical (unpaired) electrons.